The highest BCUT2D eigenvalue weighted by atomic mass is 16.4. The van der Waals surface area contributed by atoms with E-state index in [0.717, 1.165) is 0 Å². The number of carbonyl (C=O) groups is 7. The molecule has 16 nitrogen and oxygen atoms in total. The summed E-state index contributed by atoms with van der Waals surface area (Å²) in [7, 11) is 0. The second kappa shape index (κ2) is 16.8. The van der Waals surface area contributed by atoms with Crippen LogP contribution in [0, 0.1) is 0 Å². The maximum atomic E-state index is 12.9. The molecule has 0 aliphatic rings. The molecule has 0 heterocycles. The maximum Gasteiger partial charge on any atom is 0.326 e. The van der Waals surface area contributed by atoms with E-state index in [2.05, 4.69) is 16.0 Å². The molecule has 0 rings (SSSR count). The van der Waals surface area contributed by atoms with Crippen LogP contribution < -0.4 is 38.9 Å². The Morgan fingerprint density at radius 2 is 1.17 bits per heavy atom. The van der Waals surface area contributed by atoms with E-state index < -0.39 is 84.9 Å². The Morgan fingerprint density at radius 3 is 1.61 bits per heavy atom. The molecule has 0 aliphatic heterocycles. The lowest BCUT2D eigenvalue weighted by atomic mass is 10.0. The van der Waals surface area contributed by atoms with Crippen molar-refractivity contribution in [2.24, 2.45) is 22.9 Å². The molecule has 0 aromatic heterocycles. The Labute approximate surface area is 206 Å². The van der Waals surface area contributed by atoms with E-state index in [1.165, 1.54) is 0 Å². The maximum absolute atomic E-state index is 12.9. The molecule has 0 aromatic rings. The van der Waals surface area contributed by atoms with Crippen molar-refractivity contribution in [3.05, 3.63) is 0 Å². The quantitative estimate of drug-likeness (QED) is 0.0743. The van der Waals surface area contributed by atoms with Crippen molar-refractivity contribution in [1.82, 2.24) is 16.0 Å². The van der Waals surface area contributed by atoms with E-state index in [9.17, 15) is 38.7 Å². The zero-order valence-electron chi connectivity index (χ0n) is 19.7. The van der Waals surface area contributed by atoms with Gasteiger partial charge in [-0.2, -0.15) is 0 Å². The summed E-state index contributed by atoms with van der Waals surface area (Å²) in [6, 6.07) is -5.64. The Bertz CT molecular complexity index is 821. The van der Waals surface area contributed by atoms with E-state index in [4.69, 9.17) is 28.0 Å². The third-order valence-electron chi connectivity index (χ3n) is 4.91. The highest BCUT2D eigenvalue weighted by Crippen LogP contribution is 2.06. The zero-order valence-corrected chi connectivity index (χ0v) is 19.7. The van der Waals surface area contributed by atoms with Crippen LogP contribution >= 0.6 is 0 Å². The third-order valence-corrected chi connectivity index (χ3v) is 4.91. The monoisotopic (exact) mass is 517 g/mol. The normalized spacial score (nSPS) is 13.9. The van der Waals surface area contributed by atoms with Crippen molar-refractivity contribution in [2.45, 2.75) is 75.5 Å². The van der Waals surface area contributed by atoms with Crippen LogP contribution in [-0.2, 0) is 33.6 Å². The highest BCUT2D eigenvalue weighted by molar-refractivity contribution is 5.95. The molecule has 4 unspecified atom stereocenters. The van der Waals surface area contributed by atoms with Gasteiger partial charge in [0, 0.05) is 12.8 Å². The first kappa shape index (κ1) is 32.2. The van der Waals surface area contributed by atoms with Gasteiger partial charge in [-0.3, -0.25) is 28.8 Å². The number of carboxylic acid groups (broad SMARTS) is 2. The van der Waals surface area contributed by atoms with E-state index in [0.29, 0.717) is 19.4 Å². The van der Waals surface area contributed by atoms with Gasteiger partial charge in [-0.1, -0.05) is 0 Å². The van der Waals surface area contributed by atoms with Gasteiger partial charge in [0.1, 0.15) is 18.1 Å². The molecule has 0 bridgehead atoms. The SMILES string of the molecule is NCCCCC(NC(=O)C(CCC(=O)O)NC(=O)C(CCC(N)=O)NC(=O)C(N)CC(N)=O)C(=O)O. The number of carboxylic acids is 2. The summed E-state index contributed by atoms with van der Waals surface area (Å²) in [6.07, 6.45) is -1.18. The summed E-state index contributed by atoms with van der Waals surface area (Å²) in [5.74, 6) is -7.19. The number of unbranched alkanes of at least 4 members (excludes halogenated alkanes) is 1. The van der Waals surface area contributed by atoms with Gasteiger partial charge in [0.05, 0.1) is 12.5 Å². The van der Waals surface area contributed by atoms with Crippen molar-refractivity contribution >= 4 is 41.5 Å². The second-order valence-electron chi connectivity index (χ2n) is 8.02. The number of primary amides is 2. The molecular weight excluding hydrogens is 482 g/mol. The number of hydrogen-bond donors (Lipinski definition) is 9. The molecule has 0 saturated heterocycles. The van der Waals surface area contributed by atoms with Crippen LogP contribution in [0.25, 0.3) is 0 Å². The fourth-order valence-electron chi connectivity index (χ4n) is 2.98. The van der Waals surface area contributed by atoms with Crippen LogP contribution in [0.3, 0.4) is 0 Å². The fraction of sp³-hybridized carbons (Fsp3) is 0.650. The van der Waals surface area contributed by atoms with Crippen LogP contribution in [0.15, 0.2) is 0 Å². The molecule has 13 N–H and O–H groups in total. The lowest BCUT2D eigenvalue weighted by Crippen LogP contribution is -2.57. The minimum Gasteiger partial charge on any atom is -0.481 e. The summed E-state index contributed by atoms with van der Waals surface area (Å²) in [5.41, 5.74) is 21.0. The number of hydrogen-bond acceptors (Lipinski definition) is 9. The molecule has 36 heavy (non-hydrogen) atoms. The topological polar surface area (TPSA) is 300 Å². The van der Waals surface area contributed by atoms with Crippen LogP contribution in [0.1, 0.15) is 51.4 Å². The van der Waals surface area contributed by atoms with Crippen LogP contribution in [0.5, 0.6) is 0 Å². The van der Waals surface area contributed by atoms with E-state index in [1.807, 2.05) is 0 Å². The van der Waals surface area contributed by atoms with Gasteiger partial charge in [0.2, 0.25) is 29.5 Å². The number of aliphatic carboxylic acids is 2. The molecule has 0 aliphatic carbocycles. The molecule has 0 aromatic carbocycles. The van der Waals surface area contributed by atoms with Crippen molar-refractivity contribution in [2.75, 3.05) is 6.54 Å². The first-order valence-electron chi connectivity index (χ1n) is 11.2. The van der Waals surface area contributed by atoms with E-state index >= 15 is 0 Å². The summed E-state index contributed by atoms with van der Waals surface area (Å²) in [4.78, 5) is 82.6. The zero-order chi connectivity index (χ0) is 27.8. The predicted molar refractivity (Wildman–Crippen MR) is 123 cm³/mol. The molecule has 5 amide bonds. The number of carbonyl (C=O) groups excluding carboxylic acids is 5. The van der Waals surface area contributed by atoms with Crippen LogP contribution in [-0.4, -0.2) is 82.4 Å². The first-order valence-corrected chi connectivity index (χ1v) is 11.2. The Morgan fingerprint density at radius 1 is 0.667 bits per heavy atom. The molecular formula is C20H35N7O9. The molecule has 0 fully saturated rings. The Balaban J connectivity index is 5.61. The molecule has 0 spiro atoms. The van der Waals surface area contributed by atoms with E-state index in [1.54, 1.807) is 0 Å². The van der Waals surface area contributed by atoms with Gasteiger partial charge >= 0.3 is 11.9 Å². The fourth-order valence-corrected chi connectivity index (χ4v) is 2.98. The number of amides is 5. The minimum absolute atomic E-state index is 0.0485. The lowest BCUT2D eigenvalue weighted by molar-refractivity contribution is -0.143. The summed E-state index contributed by atoms with van der Waals surface area (Å²) in [6.45, 7) is 0.319. The average molecular weight is 518 g/mol. The largest absolute Gasteiger partial charge is 0.481 e. The molecule has 204 valence electrons. The average Bonchev–Trinajstić information content (AvgIpc) is 2.77. The molecule has 4 atom stereocenters. The lowest BCUT2D eigenvalue weighted by Gasteiger charge is -2.25. The van der Waals surface area contributed by atoms with Crippen molar-refractivity contribution in [3.63, 3.8) is 0 Å². The van der Waals surface area contributed by atoms with Gasteiger partial charge in [-0.15, -0.1) is 0 Å². The van der Waals surface area contributed by atoms with Gasteiger partial charge < -0.3 is 49.1 Å². The van der Waals surface area contributed by atoms with Gasteiger partial charge in [-0.25, -0.2) is 4.79 Å². The van der Waals surface area contributed by atoms with Crippen molar-refractivity contribution < 1.29 is 43.8 Å². The van der Waals surface area contributed by atoms with Crippen molar-refractivity contribution in [1.29, 1.82) is 0 Å². The predicted octanol–water partition coefficient (Wildman–Crippen LogP) is -4.01. The van der Waals surface area contributed by atoms with Crippen LogP contribution in [0.2, 0.25) is 0 Å². The smallest absolute Gasteiger partial charge is 0.326 e. The van der Waals surface area contributed by atoms with Crippen molar-refractivity contribution in [3.8, 4) is 0 Å². The molecule has 0 saturated carbocycles. The Kier molecular flexibility index (Phi) is 15.0. The number of nitrogens with two attached hydrogens (primary N) is 4. The molecule has 0 radical (unpaired) electrons. The summed E-state index contributed by atoms with van der Waals surface area (Å²) >= 11 is 0. The minimum atomic E-state index is -1.49. The van der Waals surface area contributed by atoms with Crippen LogP contribution in [0.4, 0.5) is 0 Å². The highest BCUT2D eigenvalue weighted by Gasteiger charge is 2.31. The number of nitrogens with one attached hydrogen (secondary N) is 3. The van der Waals surface area contributed by atoms with Gasteiger partial charge in [0.15, 0.2) is 0 Å². The first-order chi connectivity index (χ1) is 16.8. The summed E-state index contributed by atoms with van der Waals surface area (Å²) < 4.78 is 0. The van der Waals surface area contributed by atoms with Gasteiger partial charge in [0.25, 0.3) is 0 Å². The summed E-state index contributed by atoms with van der Waals surface area (Å²) in [5, 5.41) is 25.1. The standard InChI is InChI=1S/C20H35N7O9/c21-8-2-1-3-13(20(35)36)27-19(34)12(5-7-16(30)31)26-18(33)11(4-6-14(23)28)25-17(32)10(22)9-15(24)29/h10-13H,1-9,21-22H2,(H2,23,28)(H2,24,29)(H,25,32)(H,26,33)(H,27,34)(H,30,31)(H,35,36). The molecule has 16 heteroatoms. The van der Waals surface area contributed by atoms with Gasteiger partial charge in [-0.05, 0) is 38.6 Å². The third kappa shape index (κ3) is 13.8. The number of rotatable bonds is 19. The second-order valence-corrected chi connectivity index (χ2v) is 8.02. The van der Waals surface area contributed by atoms with E-state index in [-0.39, 0.29) is 19.3 Å². The Hall–Kier alpha value is -3.79.